The Labute approximate surface area is 98.8 Å². The van der Waals surface area contributed by atoms with Crippen molar-refractivity contribution in [2.75, 3.05) is 0 Å². The molecule has 2 heterocycles. The zero-order chi connectivity index (χ0) is 7.84. The molecule has 0 aliphatic carbocycles. The van der Waals surface area contributed by atoms with E-state index >= 15 is 0 Å². The quantitative estimate of drug-likeness (QED) is 0.522. The molecule has 0 bridgehead atoms. The molecule has 0 aromatic carbocycles. The van der Waals surface area contributed by atoms with E-state index in [9.17, 15) is 0 Å². The van der Waals surface area contributed by atoms with E-state index in [0.29, 0.717) is 5.15 Å². The number of imidazole rings is 1. The molecule has 0 unspecified atom stereocenters. The van der Waals surface area contributed by atoms with Crippen LogP contribution in [0.25, 0.3) is 5.65 Å². The minimum absolute atomic E-state index is 0. The maximum Gasteiger partial charge on any atom is 0.151 e. The van der Waals surface area contributed by atoms with Gasteiger partial charge >= 0.3 is 0 Å². The molecule has 2 aromatic heterocycles. The van der Waals surface area contributed by atoms with Crippen LogP contribution in [-0.4, -0.2) is 9.38 Å². The summed E-state index contributed by atoms with van der Waals surface area (Å²) in [4.78, 5) is 4.15. The Morgan fingerprint density at radius 2 is 2.17 bits per heavy atom. The predicted molar refractivity (Wildman–Crippen MR) is 63.2 cm³/mol. The topological polar surface area (TPSA) is 17.3 Å². The summed E-state index contributed by atoms with van der Waals surface area (Å²) in [5.41, 5.74) is 0.915. The minimum Gasteiger partial charge on any atom is -0.289 e. The molecule has 0 aliphatic heterocycles. The van der Waals surface area contributed by atoms with Gasteiger partial charge in [-0.2, -0.15) is 0 Å². The third-order valence-corrected chi connectivity index (χ3v) is 2.60. The van der Waals surface area contributed by atoms with Crippen molar-refractivity contribution in [3.63, 3.8) is 0 Å². The smallest absolute Gasteiger partial charge is 0.151 e. The summed E-state index contributed by atoms with van der Waals surface area (Å²) in [6.07, 6.45) is 3.59. The van der Waals surface area contributed by atoms with Gasteiger partial charge in [0.05, 0.1) is 3.57 Å². The second-order valence-electron chi connectivity index (χ2n) is 2.12. The molecule has 0 spiro atoms. The summed E-state index contributed by atoms with van der Waals surface area (Å²) in [6.45, 7) is 0. The summed E-state index contributed by atoms with van der Waals surface area (Å²) in [5, 5.41) is 0.693. The molecular formula is C7H5BrClIN2. The Hall–Kier alpha value is 0.190. The molecule has 0 saturated carbocycles. The maximum atomic E-state index is 5.89. The van der Waals surface area contributed by atoms with Crippen LogP contribution in [-0.2, 0) is 0 Å². The molecule has 5 heteroatoms. The zero-order valence-corrected chi connectivity index (χ0v) is 10.5. The van der Waals surface area contributed by atoms with Crippen molar-refractivity contribution in [2.45, 2.75) is 0 Å². The van der Waals surface area contributed by atoms with Crippen molar-refractivity contribution in [1.82, 2.24) is 9.38 Å². The fraction of sp³-hybridized carbons (Fsp3) is 0. The minimum atomic E-state index is 0. The molecule has 2 aromatic rings. The lowest BCUT2D eigenvalue weighted by Crippen LogP contribution is -1.87. The highest BCUT2D eigenvalue weighted by Gasteiger charge is 2.00. The average Bonchev–Trinajstić information content (AvgIpc) is 2.45. The average molecular weight is 359 g/mol. The van der Waals surface area contributed by atoms with E-state index in [1.165, 1.54) is 0 Å². The molecule has 0 fully saturated rings. The van der Waals surface area contributed by atoms with Crippen molar-refractivity contribution in [1.29, 1.82) is 0 Å². The van der Waals surface area contributed by atoms with E-state index in [4.69, 9.17) is 11.6 Å². The molecule has 12 heavy (non-hydrogen) atoms. The van der Waals surface area contributed by atoms with Gasteiger partial charge in [-0.05, 0) is 34.7 Å². The highest BCUT2D eigenvalue weighted by Crippen LogP contribution is 2.17. The molecule has 64 valence electrons. The van der Waals surface area contributed by atoms with E-state index in [2.05, 4.69) is 27.6 Å². The molecule has 0 amide bonds. The van der Waals surface area contributed by atoms with Crippen LogP contribution < -0.4 is 0 Å². The molecular weight excluding hydrogens is 354 g/mol. The van der Waals surface area contributed by atoms with Gasteiger partial charge in [0, 0.05) is 12.4 Å². The van der Waals surface area contributed by atoms with Crippen LogP contribution >= 0.6 is 51.2 Å². The van der Waals surface area contributed by atoms with Crippen LogP contribution in [0.4, 0.5) is 0 Å². The van der Waals surface area contributed by atoms with Crippen LogP contribution in [0.15, 0.2) is 24.5 Å². The summed E-state index contributed by atoms with van der Waals surface area (Å²) in [7, 11) is 0. The third kappa shape index (κ3) is 1.60. The normalized spacial score (nSPS) is 9.83. The zero-order valence-electron chi connectivity index (χ0n) is 5.87. The number of hydrogen-bond donors (Lipinski definition) is 0. The first-order valence-corrected chi connectivity index (χ1v) is 4.52. The largest absolute Gasteiger partial charge is 0.289 e. The van der Waals surface area contributed by atoms with Crippen molar-refractivity contribution >= 4 is 56.8 Å². The summed E-state index contributed by atoms with van der Waals surface area (Å²) in [5.74, 6) is 0. The lowest BCUT2D eigenvalue weighted by atomic mass is 10.5. The fourth-order valence-corrected chi connectivity index (χ4v) is 1.73. The predicted octanol–water partition coefficient (Wildman–Crippen LogP) is 3.17. The van der Waals surface area contributed by atoms with E-state index < -0.39 is 0 Å². The van der Waals surface area contributed by atoms with Gasteiger partial charge < -0.3 is 0 Å². The van der Waals surface area contributed by atoms with Crippen molar-refractivity contribution in [3.05, 3.63) is 33.2 Å². The first-order chi connectivity index (χ1) is 5.29. The summed E-state index contributed by atoms with van der Waals surface area (Å²) in [6, 6.07) is 3.81. The van der Waals surface area contributed by atoms with Crippen LogP contribution in [0.1, 0.15) is 0 Å². The molecule has 0 saturated heterocycles. The van der Waals surface area contributed by atoms with E-state index in [1.54, 1.807) is 6.20 Å². The van der Waals surface area contributed by atoms with Crippen molar-refractivity contribution < 1.29 is 0 Å². The standard InChI is InChI=1S/C7H4ClIN2.BrH/c8-6-2-1-5(9)7-10-3-4-11(6)7;/h1-4H;1H. The van der Waals surface area contributed by atoms with Gasteiger partial charge in [-0.15, -0.1) is 17.0 Å². The second-order valence-corrected chi connectivity index (χ2v) is 3.67. The Morgan fingerprint density at radius 3 is 2.83 bits per heavy atom. The monoisotopic (exact) mass is 358 g/mol. The van der Waals surface area contributed by atoms with Crippen molar-refractivity contribution in [2.24, 2.45) is 0 Å². The third-order valence-electron chi connectivity index (χ3n) is 1.45. The summed E-state index contributed by atoms with van der Waals surface area (Å²) < 4.78 is 2.96. The van der Waals surface area contributed by atoms with Gasteiger partial charge in [-0.3, -0.25) is 4.40 Å². The van der Waals surface area contributed by atoms with Gasteiger partial charge in [0.1, 0.15) is 5.15 Å². The van der Waals surface area contributed by atoms with Gasteiger partial charge in [0.2, 0.25) is 0 Å². The number of aromatic nitrogens is 2. The lowest BCUT2D eigenvalue weighted by Gasteiger charge is -1.97. The van der Waals surface area contributed by atoms with Crippen molar-refractivity contribution in [3.8, 4) is 0 Å². The van der Waals surface area contributed by atoms with Crippen LogP contribution in [0.2, 0.25) is 5.15 Å². The molecule has 2 rings (SSSR count). The highest BCUT2D eigenvalue weighted by atomic mass is 127. The van der Waals surface area contributed by atoms with E-state index in [1.807, 2.05) is 22.7 Å². The lowest BCUT2D eigenvalue weighted by molar-refractivity contribution is 1.18. The highest BCUT2D eigenvalue weighted by molar-refractivity contribution is 14.1. The first kappa shape index (κ1) is 10.3. The summed E-state index contributed by atoms with van der Waals surface area (Å²) >= 11 is 8.12. The van der Waals surface area contributed by atoms with Gasteiger partial charge in [-0.1, -0.05) is 11.6 Å². The maximum absolute atomic E-state index is 5.89. The Balaban J connectivity index is 0.000000720. The van der Waals surface area contributed by atoms with Crippen LogP contribution in [0.3, 0.4) is 0 Å². The van der Waals surface area contributed by atoms with E-state index in [-0.39, 0.29) is 17.0 Å². The van der Waals surface area contributed by atoms with Gasteiger partial charge in [0.15, 0.2) is 5.65 Å². The number of fused-ring (bicyclic) bond motifs is 1. The molecule has 2 nitrogen and oxygen atoms in total. The number of halogens is 3. The second kappa shape index (κ2) is 3.93. The van der Waals surface area contributed by atoms with Gasteiger partial charge in [0.25, 0.3) is 0 Å². The van der Waals surface area contributed by atoms with E-state index in [0.717, 1.165) is 9.22 Å². The molecule has 0 atom stereocenters. The Morgan fingerprint density at radius 1 is 1.42 bits per heavy atom. The number of nitrogens with zero attached hydrogens (tertiary/aromatic N) is 2. The van der Waals surface area contributed by atoms with Crippen LogP contribution in [0, 0.1) is 3.57 Å². The number of hydrogen-bond acceptors (Lipinski definition) is 1. The number of pyridine rings is 1. The van der Waals surface area contributed by atoms with Gasteiger partial charge in [-0.25, -0.2) is 4.98 Å². The number of rotatable bonds is 0. The molecule has 0 radical (unpaired) electrons. The fourth-order valence-electron chi connectivity index (χ4n) is 0.949. The molecule has 0 aliphatic rings. The van der Waals surface area contributed by atoms with Crippen LogP contribution in [0.5, 0.6) is 0 Å². The Bertz CT molecular complexity index is 365. The Kier molecular flexibility index (Phi) is 3.37. The SMILES string of the molecule is Br.Clc1ccc(I)c2nccn12. The molecule has 0 N–H and O–H groups in total. The first-order valence-electron chi connectivity index (χ1n) is 3.06.